The lowest BCUT2D eigenvalue weighted by Gasteiger charge is -2.43. The van der Waals surface area contributed by atoms with Crippen LogP contribution in [0.25, 0.3) is 0 Å². The zero-order chi connectivity index (χ0) is 41.7. The average Bonchev–Trinajstić information content (AvgIpc) is 3.15. The van der Waals surface area contributed by atoms with E-state index in [4.69, 9.17) is 18.0 Å². The van der Waals surface area contributed by atoms with E-state index >= 15 is 0 Å². The number of aliphatic hydroxyl groups is 1. The second kappa shape index (κ2) is 20.7. The van der Waals surface area contributed by atoms with E-state index in [1.807, 2.05) is 49.5 Å². The molecule has 0 fully saturated rings. The van der Waals surface area contributed by atoms with Gasteiger partial charge in [0.1, 0.15) is 6.10 Å². The Hall–Kier alpha value is -2.90. The fraction of sp³-hybridized carbons (Fsp3) is 0.511. The molecule has 2 aromatic rings. The van der Waals surface area contributed by atoms with Crippen molar-refractivity contribution in [3.8, 4) is 0 Å². The maximum atomic E-state index is 12.1. The Morgan fingerprint density at radius 2 is 1.38 bits per heavy atom. The topological polar surface area (TPSA) is 74.2 Å². The monoisotopic (exact) mass is 816 g/mol. The zero-order valence-corrected chi connectivity index (χ0v) is 39.5. The Bertz CT molecular complexity index is 1600. The summed E-state index contributed by atoms with van der Waals surface area (Å²) in [7, 11) is -6.99. The number of carbonyl (C=O) groups excluding carboxylic acids is 1. The Labute approximate surface area is 343 Å². The number of hydrogen-bond acceptors (Lipinski definition) is 6. The van der Waals surface area contributed by atoms with Gasteiger partial charge in [-0.05, 0) is 64.7 Å². The van der Waals surface area contributed by atoms with Gasteiger partial charge in [-0.25, -0.2) is 4.79 Å². The van der Waals surface area contributed by atoms with Gasteiger partial charge in [0.05, 0.1) is 24.4 Å². The van der Waals surface area contributed by atoms with Gasteiger partial charge in [-0.2, -0.15) is 0 Å². The predicted molar refractivity (Wildman–Crippen MR) is 243 cm³/mol. The fourth-order valence-electron chi connectivity index (χ4n) is 7.16. The Morgan fingerprint density at radius 3 is 1.88 bits per heavy atom. The second-order valence-corrected chi connectivity index (χ2v) is 31.6. The third kappa shape index (κ3) is 12.5. The minimum Gasteiger partial charge on any atom is -0.455 e. The first-order chi connectivity index (χ1) is 26.3. The third-order valence-electron chi connectivity index (χ3n) is 11.9. The SMILES string of the molecule is CC[Si](CC)(CC)O[C@](C)(/C=C/[C@H]1CC=CC(=O)O1)[C@H](O)C[C@H](\C=C/C=C\C=C\CO[Si](c1ccccc1)(c1ccccc1)C(C)(C)C)O[Si](C)(C)C(C)(C)C. The summed E-state index contributed by atoms with van der Waals surface area (Å²) in [6.07, 6.45) is 18.7. The molecule has 1 N–H and O–H groups in total. The molecule has 0 amide bonds. The maximum Gasteiger partial charge on any atom is 0.331 e. The van der Waals surface area contributed by atoms with Gasteiger partial charge in [0.2, 0.25) is 0 Å². The number of aliphatic hydroxyl groups excluding tert-OH is 1. The molecule has 4 atom stereocenters. The van der Waals surface area contributed by atoms with Crippen molar-refractivity contribution in [2.45, 2.75) is 147 Å². The van der Waals surface area contributed by atoms with E-state index in [-0.39, 0.29) is 22.1 Å². The molecular formula is C47H72O6Si3. The fourth-order valence-corrected chi connectivity index (χ4v) is 16.0. The van der Waals surface area contributed by atoms with Crippen molar-refractivity contribution in [3.63, 3.8) is 0 Å². The summed E-state index contributed by atoms with van der Waals surface area (Å²) < 4.78 is 26.6. The van der Waals surface area contributed by atoms with E-state index in [2.05, 4.69) is 148 Å². The highest BCUT2D eigenvalue weighted by Crippen LogP contribution is 2.40. The summed E-state index contributed by atoms with van der Waals surface area (Å²) in [5, 5.41) is 14.6. The average molecular weight is 817 g/mol. The van der Waals surface area contributed by atoms with E-state index in [1.165, 1.54) is 16.4 Å². The lowest BCUT2D eigenvalue weighted by Crippen LogP contribution is -2.66. The minimum absolute atomic E-state index is 0.0134. The maximum absolute atomic E-state index is 12.1. The van der Waals surface area contributed by atoms with Gasteiger partial charge >= 0.3 is 5.97 Å². The third-order valence-corrected chi connectivity index (χ3v) is 26.1. The molecule has 56 heavy (non-hydrogen) atoms. The van der Waals surface area contributed by atoms with Crippen LogP contribution in [0.3, 0.4) is 0 Å². The van der Waals surface area contributed by atoms with Gasteiger partial charge in [-0.3, -0.25) is 0 Å². The lowest BCUT2D eigenvalue weighted by atomic mass is 9.93. The molecule has 0 saturated heterocycles. The normalized spacial score (nSPS) is 18.6. The quantitative estimate of drug-likeness (QED) is 0.0621. The summed E-state index contributed by atoms with van der Waals surface area (Å²) in [4.78, 5) is 12.0. The molecule has 1 aliphatic heterocycles. The van der Waals surface area contributed by atoms with E-state index in [9.17, 15) is 9.90 Å². The van der Waals surface area contributed by atoms with Gasteiger partial charge in [0.15, 0.2) is 16.6 Å². The number of carbonyl (C=O) groups is 1. The molecular weight excluding hydrogens is 745 g/mol. The Kier molecular flexibility index (Phi) is 17.5. The molecule has 1 aliphatic rings. The molecule has 2 aromatic carbocycles. The number of benzene rings is 2. The van der Waals surface area contributed by atoms with Crippen molar-refractivity contribution in [1.29, 1.82) is 0 Å². The Balaban J connectivity index is 1.86. The number of allylic oxidation sites excluding steroid dienone is 4. The highest BCUT2D eigenvalue weighted by Gasteiger charge is 2.50. The highest BCUT2D eigenvalue weighted by atomic mass is 28.4. The molecule has 0 radical (unpaired) electrons. The molecule has 308 valence electrons. The summed E-state index contributed by atoms with van der Waals surface area (Å²) in [6, 6.07) is 24.2. The van der Waals surface area contributed by atoms with E-state index < -0.39 is 42.8 Å². The van der Waals surface area contributed by atoms with Crippen molar-refractivity contribution >= 4 is 41.3 Å². The molecule has 0 bridgehead atoms. The largest absolute Gasteiger partial charge is 0.455 e. The van der Waals surface area contributed by atoms with Crippen molar-refractivity contribution in [2.75, 3.05) is 6.61 Å². The van der Waals surface area contributed by atoms with Gasteiger partial charge in [0.25, 0.3) is 8.32 Å². The number of esters is 1. The van der Waals surface area contributed by atoms with Crippen LogP contribution in [-0.2, 0) is 22.8 Å². The van der Waals surface area contributed by atoms with Crippen molar-refractivity contribution < 1.29 is 27.9 Å². The Morgan fingerprint density at radius 1 is 0.821 bits per heavy atom. The molecule has 6 nitrogen and oxygen atoms in total. The lowest BCUT2D eigenvalue weighted by molar-refractivity contribution is -0.141. The van der Waals surface area contributed by atoms with Gasteiger partial charge in [0, 0.05) is 18.9 Å². The first kappa shape index (κ1) is 47.5. The molecule has 3 rings (SSSR count). The van der Waals surface area contributed by atoms with E-state index in [0.29, 0.717) is 19.4 Å². The minimum atomic E-state index is -2.61. The van der Waals surface area contributed by atoms with Crippen LogP contribution in [0.2, 0.25) is 41.3 Å². The molecule has 9 heteroatoms. The zero-order valence-electron chi connectivity index (χ0n) is 36.5. The highest BCUT2D eigenvalue weighted by molar-refractivity contribution is 6.99. The van der Waals surface area contributed by atoms with Crippen molar-refractivity contribution in [2.24, 2.45) is 0 Å². The van der Waals surface area contributed by atoms with Crippen LogP contribution >= 0.6 is 0 Å². The van der Waals surface area contributed by atoms with Crippen LogP contribution in [0.15, 0.2) is 121 Å². The summed E-state index contributed by atoms with van der Waals surface area (Å²) in [5.41, 5.74) is -0.992. The molecule has 0 saturated carbocycles. The van der Waals surface area contributed by atoms with E-state index in [0.717, 1.165) is 18.1 Å². The van der Waals surface area contributed by atoms with Crippen LogP contribution in [-0.4, -0.2) is 66.5 Å². The molecule has 0 unspecified atom stereocenters. The smallest absolute Gasteiger partial charge is 0.331 e. The van der Waals surface area contributed by atoms with Crippen molar-refractivity contribution in [3.05, 3.63) is 121 Å². The van der Waals surface area contributed by atoms with Crippen LogP contribution in [0.5, 0.6) is 0 Å². The van der Waals surface area contributed by atoms with E-state index in [1.54, 1.807) is 0 Å². The van der Waals surface area contributed by atoms with Crippen LogP contribution in [0, 0.1) is 0 Å². The van der Waals surface area contributed by atoms with Crippen LogP contribution in [0.1, 0.15) is 82.1 Å². The number of hydrogen-bond donors (Lipinski definition) is 1. The summed E-state index contributed by atoms with van der Waals surface area (Å²) in [6.45, 7) is 27.1. The first-order valence-corrected chi connectivity index (χ1v) is 28.0. The second-order valence-electron chi connectivity index (χ2n) is 17.8. The molecule has 0 spiro atoms. The summed E-state index contributed by atoms with van der Waals surface area (Å²) >= 11 is 0. The first-order valence-electron chi connectivity index (χ1n) is 20.7. The van der Waals surface area contributed by atoms with Gasteiger partial charge in [-0.1, -0.05) is 172 Å². The van der Waals surface area contributed by atoms with Gasteiger partial charge < -0.3 is 23.1 Å². The molecule has 0 aromatic heterocycles. The van der Waals surface area contributed by atoms with Crippen LogP contribution < -0.4 is 10.4 Å². The van der Waals surface area contributed by atoms with Crippen molar-refractivity contribution in [1.82, 2.24) is 0 Å². The molecule has 1 heterocycles. The molecule has 0 aliphatic carbocycles. The number of cyclic esters (lactones) is 1. The number of ether oxygens (including phenoxy) is 1. The predicted octanol–water partition coefficient (Wildman–Crippen LogP) is 10.6. The van der Waals surface area contributed by atoms with Gasteiger partial charge in [-0.15, -0.1) is 0 Å². The number of rotatable bonds is 20. The standard InChI is InChI=1S/C47H72O6Si3/c1-13-55(14-2,15-3)53-47(10,36-35-39-29-27-34-44(49)51-39)43(48)38-40(52-54(11,12)45(4,5)6)28-21-17-16-18-26-37-50-56(46(7,8)9,41-30-22-19-23-31-41)42-32-24-20-25-33-42/h16-28,30-36,39-40,43,48H,13-15,29,37-38H2,1-12H3/b17-16-,26-18+,28-21-,36-35+/t39-,40+,43-,47-/m1/s1. The van der Waals surface area contributed by atoms with Crippen LogP contribution in [0.4, 0.5) is 0 Å². The summed E-state index contributed by atoms with van der Waals surface area (Å²) in [5.74, 6) is -0.351.